The minimum absolute atomic E-state index is 0.0999. The van der Waals surface area contributed by atoms with Gasteiger partial charge in [0.1, 0.15) is 11.4 Å². The summed E-state index contributed by atoms with van der Waals surface area (Å²) in [6.07, 6.45) is 1.27. The van der Waals surface area contributed by atoms with Crippen molar-refractivity contribution in [3.8, 4) is 5.75 Å². The molecule has 108 valence electrons. The third-order valence-corrected chi connectivity index (χ3v) is 2.88. The highest BCUT2D eigenvalue weighted by Gasteiger charge is 2.13. The molecule has 1 aromatic heterocycles. The van der Waals surface area contributed by atoms with Crippen LogP contribution in [0.5, 0.6) is 5.75 Å². The highest BCUT2D eigenvalue weighted by molar-refractivity contribution is 6.31. The van der Waals surface area contributed by atoms with Crippen molar-refractivity contribution >= 4 is 29.2 Å². The van der Waals surface area contributed by atoms with Gasteiger partial charge in [0.15, 0.2) is 0 Å². The first kappa shape index (κ1) is 14.8. The van der Waals surface area contributed by atoms with Gasteiger partial charge in [-0.1, -0.05) is 11.6 Å². The number of carbonyl (C=O) groups is 2. The van der Waals surface area contributed by atoms with Crippen LogP contribution < -0.4 is 10.1 Å². The molecule has 0 spiro atoms. The second-order valence-corrected chi connectivity index (χ2v) is 4.47. The number of rotatable bonds is 4. The number of aromatic carboxylic acids is 1. The summed E-state index contributed by atoms with van der Waals surface area (Å²) in [6, 6.07) is 7.40. The molecule has 0 saturated carbocycles. The molecule has 0 saturated heterocycles. The maximum Gasteiger partial charge on any atom is 0.354 e. The van der Waals surface area contributed by atoms with Gasteiger partial charge in [-0.15, -0.1) is 0 Å². The molecule has 2 N–H and O–H groups in total. The minimum atomic E-state index is -1.13. The fraction of sp³-hybridized carbons (Fsp3) is 0.0714. The Labute approximate surface area is 125 Å². The number of ether oxygens (including phenoxy) is 1. The fourth-order valence-electron chi connectivity index (χ4n) is 1.65. The molecular formula is C14H11ClN2O4. The van der Waals surface area contributed by atoms with Crippen molar-refractivity contribution in [1.82, 2.24) is 4.98 Å². The summed E-state index contributed by atoms with van der Waals surface area (Å²) in [5.74, 6) is -1.20. The Hall–Kier alpha value is -2.60. The molecule has 6 nitrogen and oxygen atoms in total. The summed E-state index contributed by atoms with van der Waals surface area (Å²) < 4.78 is 5.10. The first-order valence-corrected chi connectivity index (χ1v) is 6.23. The number of nitrogens with zero attached hydrogens (tertiary/aromatic N) is 1. The number of carboxylic acid groups (broad SMARTS) is 1. The highest BCUT2D eigenvalue weighted by atomic mass is 35.5. The minimum Gasteiger partial charge on any atom is -0.496 e. The van der Waals surface area contributed by atoms with Crippen LogP contribution in [0.1, 0.15) is 20.8 Å². The van der Waals surface area contributed by atoms with Crippen LogP contribution in [0.3, 0.4) is 0 Å². The molecule has 2 rings (SSSR count). The molecule has 0 bridgehead atoms. The number of hydrogen-bond acceptors (Lipinski definition) is 4. The van der Waals surface area contributed by atoms with Crippen LogP contribution in [-0.4, -0.2) is 29.1 Å². The summed E-state index contributed by atoms with van der Waals surface area (Å²) in [6.45, 7) is 0. The maximum atomic E-state index is 12.1. The monoisotopic (exact) mass is 306 g/mol. The lowest BCUT2D eigenvalue weighted by Crippen LogP contribution is -2.13. The van der Waals surface area contributed by atoms with Gasteiger partial charge in [0.05, 0.1) is 24.6 Å². The fourth-order valence-corrected chi connectivity index (χ4v) is 1.81. The number of nitrogens with one attached hydrogen (secondary N) is 1. The number of anilines is 1. The van der Waals surface area contributed by atoms with Gasteiger partial charge < -0.3 is 15.2 Å². The van der Waals surface area contributed by atoms with Crippen molar-refractivity contribution < 1.29 is 19.4 Å². The van der Waals surface area contributed by atoms with Gasteiger partial charge in [-0.25, -0.2) is 9.78 Å². The number of aromatic nitrogens is 1. The van der Waals surface area contributed by atoms with E-state index in [4.69, 9.17) is 21.4 Å². The molecular weight excluding hydrogens is 296 g/mol. The number of carbonyl (C=O) groups excluding carboxylic acids is 1. The van der Waals surface area contributed by atoms with E-state index in [1.54, 1.807) is 6.07 Å². The number of carboxylic acids is 1. The summed E-state index contributed by atoms with van der Waals surface area (Å²) in [5, 5.41) is 11.8. The summed E-state index contributed by atoms with van der Waals surface area (Å²) in [7, 11) is 1.44. The Morgan fingerprint density at radius 3 is 2.62 bits per heavy atom. The lowest BCUT2D eigenvalue weighted by molar-refractivity contribution is 0.0690. The van der Waals surface area contributed by atoms with E-state index in [1.165, 1.54) is 37.6 Å². The van der Waals surface area contributed by atoms with Gasteiger partial charge in [-0.2, -0.15) is 0 Å². The smallest absolute Gasteiger partial charge is 0.354 e. The molecule has 0 aliphatic carbocycles. The average Bonchev–Trinajstić information content (AvgIpc) is 2.47. The lowest BCUT2D eigenvalue weighted by Gasteiger charge is -2.09. The Bertz CT molecular complexity index is 686. The molecule has 7 heteroatoms. The SMILES string of the molecule is COc1cc(Cl)ccc1C(=O)Nc1ccc(C(=O)O)nc1. The summed E-state index contributed by atoms with van der Waals surface area (Å²) >= 11 is 5.83. The molecule has 0 unspecified atom stereocenters. The zero-order valence-electron chi connectivity index (χ0n) is 11.0. The number of hydrogen-bond donors (Lipinski definition) is 2. The van der Waals surface area contributed by atoms with Crippen molar-refractivity contribution in [3.05, 3.63) is 52.8 Å². The quantitative estimate of drug-likeness (QED) is 0.906. The highest BCUT2D eigenvalue weighted by Crippen LogP contribution is 2.24. The molecule has 1 aromatic carbocycles. The molecule has 0 aliphatic heterocycles. The molecule has 1 heterocycles. The van der Waals surface area contributed by atoms with E-state index in [1.807, 2.05) is 0 Å². The third kappa shape index (κ3) is 3.49. The van der Waals surface area contributed by atoms with Gasteiger partial charge in [0.2, 0.25) is 0 Å². The average molecular weight is 307 g/mol. The van der Waals surface area contributed by atoms with E-state index in [0.717, 1.165) is 0 Å². The Morgan fingerprint density at radius 2 is 2.05 bits per heavy atom. The van der Waals surface area contributed by atoms with Crippen LogP contribution in [0.2, 0.25) is 5.02 Å². The molecule has 0 aliphatic rings. The standard InChI is InChI=1S/C14H11ClN2O4/c1-21-12-6-8(15)2-4-10(12)13(18)17-9-3-5-11(14(19)20)16-7-9/h2-7H,1H3,(H,17,18)(H,19,20). The van der Waals surface area contributed by atoms with Crippen LogP contribution in [0.15, 0.2) is 36.5 Å². The Morgan fingerprint density at radius 1 is 1.29 bits per heavy atom. The molecule has 21 heavy (non-hydrogen) atoms. The number of methoxy groups -OCH3 is 1. The molecule has 1 amide bonds. The number of halogens is 1. The Kier molecular flexibility index (Phi) is 4.39. The topological polar surface area (TPSA) is 88.5 Å². The van der Waals surface area contributed by atoms with E-state index < -0.39 is 11.9 Å². The second kappa shape index (κ2) is 6.23. The number of amides is 1. The lowest BCUT2D eigenvalue weighted by atomic mass is 10.2. The van der Waals surface area contributed by atoms with E-state index in [9.17, 15) is 9.59 Å². The van der Waals surface area contributed by atoms with Gasteiger partial charge >= 0.3 is 5.97 Å². The Balaban J connectivity index is 2.19. The van der Waals surface area contributed by atoms with Crippen LogP contribution in [0.4, 0.5) is 5.69 Å². The summed E-state index contributed by atoms with van der Waals surface area (Å²) in [4.78, 5) is 26.6. The van der Waals surface area contributed by atoms with Gasteiger partial charge in [-0.05, 0) is 30.3 Å². The van der Waals surface area contributed by atoms with Crippen molar-refractivity contribution in [3.63, 3.8) is 0 Å². The van der Waals surface area contributed by atoms with Crippen LogP contribution in [-0.2, 0) is 0 Å². The van der Waals surface area contributed by atoms with Crippen molar-refractivity contribution in [2.45, 2.75) is 0 Å². The van der Waals surface area contributed by atoms with E-state index in [0.29, 0.717) is 22.0 Å². The van der Waals surface area contributed by atoms with Gasteiger partial charge in [0, 0.05) is 5.02 Å². The van der Waals surface area contributed by atoms with Crippen LogP contribution in [0, 0.1) is 0 Å². The molecule has 0 atom stereocenters. The zero-order chi connectivity index (χ0) is 15.4. The normalized spacial score (nSPS) is 10.0. The van der Waals surface area contributed by atoms with E-state index in [-0.39, 0.29) is 5.69 Å². The number of benzene rings is 1. The predicted octanol–water partition coefficient (Wildman–Crippen LogP) is 2.69. The zero-order valence-corrected chi connectivity index (χ0v) is 11.7. The van der Waals surface area contributed by atoms with Crippen molar-refractivity contribution in [1.29, 1.82) is 0 Å². The van der Waals surface area contributed by atoms with Crippen molar-refractivity contribution in [2.75, 3.05) is 12.4 Å². The first-order valence-electron chi connectivity index (χ1n) is 5.85. The van der Waals surface area contributed by atoms with Gasteiger partial charge in [0.25, 0.3) is 5.91 Å². The third-order valence-electron chi connectivity index (χ3n) is 2.65. The van der Waals surface area contributed by atoms with E-state index in [2.05, 4.69) is 10.3 Å². The predicted molar refractivity (Wildman–Crippen MR) is 77.2 cm³/mol. The second-order valence-electron chi connectivity index (χ2n) is 4.04. The van der Waals surface area contributed by atoms with Gasteiger partial charge in [-0.3, -0.25) is 4.79 Å². The first-order chi connectivity index (χ1) is 10.0. The largest absolute Gasteiger partial charge is 0.496 e. The number of pyridine rings is 1. The van der Waals surface area contributed by atoms with E-state index >= 15 is 0 Å². The van der Waals surface area contributed by atoms with Crippen LogP contribution in [0.25, 0.3) is 0 Å². The van der Waals surface area contributed by atoms with Crippen LogP contribution >= 0.6 is 11.6 Å². The maximum absolute atomic E-state index is 12.1. The summed E-state index contributed by atoms with van der Waals surface area (Å²) in [5.41, 5.74) is 0.586. The van der Waals surface area contributed by atoms with Crippen molar-refractivity contribution in [2.24, 2.45) is 0 Å². The molecule has 2 aromatic rings. The molecule has 0 radical (unpaired) electrons. The molecule has 0 fully saturated rings.